The second kappa shape index (κ2) is 9.89. The van der Waals surface area contributed by atoms with Crippen LogP contribution in [0.5, 0.6) is 0 Å². The van der Waals surface area contributed by atoms with Crippen molar-refractivity contribution in [3.63, 3.8) is 0 Å². The molecular weight excluding hydrogens is 483 g/mol. The van der Waals surface area contributed by atoms with E-state index in [4.69, 9.17) is 9.72 Å². The first-order valence-electron chi connectivity index (χ1n) is 12.4. The molecule has 2 aliphatic heterocycles. The highest BCUT2D eigenvalue weighted by Gasteiger charge is 2.24. The molecule has 0 unspecified atom stereocenters. The second-order valence-electron chi connectivity index (χ2n) is 9.30. The average Bonchev–Trinajstić information content (AvgIpc) is 3.56. The summed E-state index contributed by atoms with van der Waals surface area (Å²) >= 11 is 0. The fraction of sp³-hybridized carbons (Fsp3) is 0.346. The predicted molar refractivity (Wildman–Crippen MR) is 135 cm³/mol. The van der Waals surface area contributed by atoms with E-state index in [-0.39, 0.29) is 11.9 Å². The highest BCUT2D eigenvalue weighted by atomic mass is 19.1. The number of nitrogens with one attached hydrogen (secondary N) is 2. The fourth-order valence-corrected chi connectivity index (χ4v) is 4.90. The summed E-state index contributed by atoms with van der Waals surface area (Å²) in [5.41, 5.74) is 2.06. The SMILES string of the molecule is Fc1cc(F)c(Nc2nn(C3CCOCC3)c3nc(Nc4ccc(N5CCCC5)cc4)ncc23)c(F)c1. The lowest BCUT2D eigenvalue weighted by molar-refractivity contribution is 0.0674. The molecule has 4 aromatic rings. The van der Waals surface area contributed by atoms with Crippen LogP contribution in [-0.4, -0.2) is 46.1 Å². The van der Waals surface area contributed by atoms with Crippen molar-refractivity contribution in [1.29, 1.82) is 0 Å². The normalized spacial score (nSPS) is 16.5. The van der Waals surface area contributed by atoms with Crippen molar-refractivity contribution in [2.45, 2.75) is 31.7 Å². The zero-order chi connectivity index (χ0) is 25.4. The van der Waals surface area contributed by atoms with Gasteiger partial charge in [0.1, 0.15) is 11.5 Å². The van der Waals surface area contributed by atoms with E-state index in [1.54, 1.807) is 10.9 Å². The minimum atomic E-state index is -1.05. The van der Waals surface area contributed by atoms with Gasteiger partial charge in [0.15, 0.2) is 23.1 Å². The number of rotatable bonds is 6. The third-order valence-electron chi connectivity index (χ3n) is 6.83. The smallest absolute Gasteiger partial charge is 0.229 e. The molecule has 0 aliphatic carbocycles. The molecule has 0 amide bonds. The van der Waals surface area contributed by atoms with Crippen LogP contribution in [0.2, 0.25) is 0 Å². The number of hydrogen-bond acceptors (Lipinski definition) is 7. The lowest BCUT2D eigenvalue weighted by atomic mass is 10.1. The topological polar surface area (TPSA) is 80.1 Å². The maximum Gasteiger partial charge on any atom is 0.229 e. The molecule has 6 rings (SSSR count). The molecule has 0 bridgehead atoms. The molecule has 11 heteroatoms. The standard InChI is InChI=1S/C26H26F3N7O/c27-16-13-21(28)23(22(29)14-16)32-24-20-15-30-26(33-25(20)36(34-24)19-7-11-37-12-8-19)31-17-3-5-18(6-4-17)35-9-1-2-10-35/h3-6,13-15,19H,1-2,7-12H2,(H,32,34)(H,30,31,33). The lowest BCUT2D eigenvalue weighted by Crippen LogP contribution is -2.21. The number of benzene rings is 2. The van der Waals surface area contributed by atoms with Gasteiger partial charge >= 0.3 is 0 Å². The zero-order valence-corrected chi connectivity index (χ0v) is 20.1. The monoisotopic (exact) mass is 509 g/mol. The van der Waals surface area contributed by atoms with Gasteiger partial charge in [-0.15, -0.1) is 0 Å². The third-order valence-corrected chi connectivity index (χ3v) is 6.83. The van der Waals surface area contributed by atoms with Crippen LogP contribution < -0.4 is 15.5 Å². The van der Waals surface area contributed by atoms with Crippen molar-refractivity contribution < 1.29 is 17.9 Å². The number of aromatic nitrogens is 4. The highest BCUT2D eigenvalue weighted by molar-refractivity contribution is 5.90. The van der Waals surface area contributed by atoms with Crippen molar-refractivity contribution >= 4 is 39.9 Å². The Morgan fingerprint density at radius 2 is 1.62 bits per heavy atom. The van der Waals surface area contributed by atoms with Crippen LogP contribution >= 0.6 is 0 Å². The van der Waals surface area contributed by atoms with E-state index >= 15 is 0 Å². The molecular formula is C26H26F3N7O. The van der Waals surface area contributed by atoms with Gasteiger partial charge in [-0.05, 0) is 49.9 Å². The third kappa shape index (κ3) is 4.78. The molecule has 0 atom stereocenters. The molecule has 4 heterocycles. The molecule has 2 fully saturated rings. The van der Waals surface area contributed by atoms with Gasteiger partial charge < -0.3 is 20.3 Å². The Balaban J connectivity index is 1.33. The van der Waals surface area contributed by atoms with Crippen LogP contribution in [-0.2, 0) is 4.74 Å². The van der Waals surface area contributed by atoms with E-state index in [0.717, 1.165) is 31.6 Å². The maximum atomic E-state index is 14.4. The Morgan fingerprint density at radius 1 is 0.919 bits per heavy atom. The number of halogens is 3. The van der Waals surface area contributed by atoms with Crippen LogP contribution in [0.25, 0.3) is 11.0 Å². The first-order chi connectivity index (χ1) is 18.0. The molecule has 8 nitrogen and oxygen atoms in total. The van der Waals surface area contributed by atoms with E-state index in [1.807, 2.05) is 12.1 Å². The van der Waals surface area contributed by atoms with E-state index in [9.17, 15) is 13.2 Å². The van der Waals surface area contributed by atoms with E-state index < -0.39 is 23.1 Å². The molecule has 2 saturated heterocycles. The van der Waals surface area contributed by atoms with Crippen molar-refractivity contribution in [1.82, 2.24) is 19.7 Å². The Labute approximate surface area is 211 Å². The minimum Gasteiger partial charge on any atom is -0.381 e. The van der Waals surface area contributed by atoms with Gasteiger partial charge in [-0.25, -0.2) is 22.8 Å². The number of fused-ring (bicyclic) bond motifs is 1. The number of anilines is 5. The highest BCUT2D eigenvalue weighted by Crippen LogP contribution is 2.33. The van der Waals surface area contributed by atoms with Gasteiger partial charge in [0, 0.05) is 56.0 Å². The van der Waals surface area contributed by atoms with E-state index in [2.05, 4.69) is 37.7 Å². The second-order valence-corrected chi connectivity index (χ2v) is 9.30. The number of nitrogens with zero attached hydrogens (tertiary/aromatic N) is 5. The summed E-state index contributed by atoms with van der Waals surface area (Å²) in [6, 6.07) is 9.37. The molecule has 0 saturated carbocycles. The van der Waals surface area contributed by atoms with Gasteiger partial charge in [-0.2, -0.15) is 10.1 Å². The Morgan fingerprint density at radius 3 is 2.32 bits per heavy atom. The fourth-order valence-electron chi connectivity index (χ4n) is 4.90. The van der Waals surface area contributed by atoms with Gasteiger partial charge in [-0.3, -0.25) is 0 Å². The van der Waals surface area contributed by atoms with Gasteiger partial charge in [0.25, 0.3) is 0 Å². The Hall–Kier alpha value is -3.86. The summed E-state index contributed by atoms with van der Waals surface area (Å²) < 4.78 is 49.4. The summed E-state index contributed by atoms with van der Waals surface area (Å²) in [4.78, 5) is 11.5. The number of hydrogen-bond donors (Lipinski definition) is 2. The summed E-state index contributed by atoms with van der Waals surface area (Å²) in [5, 5.41) is 11.0. The summed E-state index contributed by atoms with van der Waals surface area (Å²) in [6.07, 6.45) is 5.44. The average molecular weight is 510 g/mol. The van der Waals surface area contributed by atoms with Crippen molar-refractivity contribution in [2.75, 3.05) is 41.8 Å². The quantitative estimate of drug-likeness (QED) is 0.346. The molecule has 192 valence electrons. The van der Waals surface area contributed by atoms with Crippen LogP contribution in [0.1, 0.15) is 31.7 Å². The molecule has 2 aromatic heterocycles. The largest absolute Gasteiger partial charge is 0.381 e. The summed E-state index contributed by atoms with van der Waals surface area (Å²) in [5.74, 6) is -2.54. The van der Waals surface area contributed by atoms with Gasteiger partial charge in [0.05, 0.1) is 11.4 Å². The van der Waals surface area contributed by atoms with Crippen LogP contribution in [0.3, 0.4) is 0 Å². The molecule has 2 N–H and O–H groups in total. The van der Waals surface area contributed by atoms with Crippen LogP contribution in [0, 0.1) is 17.5 Å². The van der Waals surface area contributed by atoms with Crippen LogP contribution in [0.4, 0.5) is 42.0 Å². The lowest BCUT2D eigenvalue weighted by Gasteiger charge is -2.22. The first kappa shape index (κ1) is 23.5. The zero-order valence-electron chi connectivity index (χ0n) is 20.1. The van der Waals surface area contributed by atoms with Crippen LogP contribution in [0.15, 0.2) is 42.6 Å². The van der Waals surface area contributed by atoms with E-state index in [1.165, 1.54) is 18.5 Å². The first-order valence-corrected chi connectivity index (χ1v) is 12.4. The Bertz CT molecular complexity index is 1390. The van der Waals surface area contributed by atoms with Gasteiger partial charge in [-0.1, -0.05) is 0 Å². The molecule has 2 aromatic carbocycles. The maximum absolute atomic E-state index is 14.4. The minimum absolute atomic E-state index is 0.00259. The van der Waals surface area contributed by atoms with E-state index in [0.29, 0.717) is 42.3 Å². The molecule has 2 aliphatic rings. The van der Waals surface area contributed by atoms with Crippen molar-refractivity contribution in [3.8, 4) is 0 Å². The van der Waals surface area contributed by atoms with Gasteiger partial charge in [0.2, 0.25) is 5.95 Å². The predicted octanol–water partition coefficient (Wildman–Crippen LogP) is 5.68. The summed E-state index contributed by atoms with van der Waals surface area (Å²) in [7, 11) is 0. The Kier molecular flexibility index (Phi) is 6.29. The van der Waals surface area contributed by atoms with Crippen molar-refractivity contribution in [3.05, 3.63) is 60.0 Å². The molecule has 0 radical (unpaired) electrons. The summed E-state index contributed by atoms with van der Waals surface area (Å²) in [6.45, 7) is 3.31. The molecule has 0 spiro atoms. The van der Waals surface area contributed by atoms with Crippen molar-refractivity contribution in [2.24, 2.45) is 0 Å². The molecule has 37 heavy (non-hydrogen) atoms. The number of ether oxygens (including phenoxy) is 1.